The maximum absolute atomic E-state index is 14.0. The van der Waals surface area contributed by atoms with Gasteiger partial charge in [0.15, 0.2) is 5.69 Å². The predicted molar refractivity (Wildman–Crippen MR) is 97.4 cm³/mol. The van der Waals surface area contributed by atoms with Gasteiger partial charge < -0.3 is 9.64 Å². The molecule has 0 unspecified atom stereocenters. The largest absolute Gasteiger partial charge is 0.492 e. The number of hydrogen-bond donors (Lipinski definition) is 0. The van der Waals surface area contributed by atoms with Gasteiger partial charge >= 0.3 is 6.18 Å². The van der Waals surface area contributed by atoms with Crippen molar-refractivity contribution in [2.45, 2.75) is 6.18 Å². The number of carbonyl (C=O) groups excluding carboxylic acids is 1. The summed E-state index contributed by atoms with van der Waals surface area (Å²) in [6, 6.07) is 9.98. The number of halogens is 5. The summed E-state index contributed by atoms with van der Waals surface area (Å²) in [5, 5.41) is 3.60. The number of likely N-dealkylation sites (N-methyl/N-ethyl adjacent to an activating group) is 1. The molecule has 30 heavy (non-hydrogen) atoms. The molecule has 10 heteroatoms. The van der Waals surface area contributed by atoms with Gasteiger partial charge in [0.1, 0.15) is 29.7 Å². The molecule has 1 heterocycles. The van der Waals surface area contributed by atoms with Crippen LogP contribution in [0.1, 0.15) is 16.1 Å². The van der Waals surface area contributed by atoms with Crippen LogP contribution in [-0.2, 0) is 6.18 Å². The minimum Gasteiger partial charge on any atom is -0.492 e. The van der Waals surface area contributed by atoms with E-state index in [9.17, 15) is 26.7 Å². The van der Waals surface area contributed by atoms with Gasteiger partial charge in [-0.25, -0.2) is 13.5 Å². The first-order chi connectivity index (χ1) is 14.2. The van der Waals surface area contributed by atoms with E-state index in [-0.39, 0.29) is 13.2 Å². The zero-order chi connectivity index (χ0) is 21.9. The molecule has 0 aliphatic heterocycles. The number of rotatable bonds is 6. The van der Waals surface area contributed by atoms with E-state index in [1.807, 2.05) is 0 Å². The second-order valence-electron chi connectivity index (χ2n) is 6.30. The number of alkyl halides is 3. The molecule has 5 nitrogen and oxygen atoms in total. The molecule has 0 atom stereocenters. The lowest BCUT2D eigenvalue weighted by atomic mass is 10.2. The Morgan fingerprint density at radius 2 is 1.77 bits per heavy atom. The number of ether oxygens (including phenoxy) is 1. The Morgan fingerprint density at radius 3 is 2.40 bits per heavy atom. The summed E-state index contributed by atoms with van der Waals surface area (Å²) < 4.78 is 73.6. The molecular weight excluding hydrogens is 409 g/mol. The van der Waals surface area contributed by atoms with Crippen molar-refractivity contribution < 1.29 is 31.5 Å². The van der Waals surface area contributed by atoms with Crippen molar-refractivity contribution in [3.05, 3.63) is 77.6 Å². The van der Waals surface area contributed by atoms with Gasteiger partial charge in [-0.3, -0.25) is 4.79 Å². The first kappa shape index (κ1) is 21.3. The normalized spacial score (nSPS) is 11.4. The van der Waals surface area contributed by atoms with Gasteiger partial charge in [-0.1, -0.05) is 12.1 Å². The van der Waals surface area contributed by atoms with Crippen molar-refractivity contribution >= 4 is 5.91 Å². The van der Waals surface area contributed by atoms with Crippen LogP contribution < -0.4 is 4.74 Å². The summed E-state index contributed by atoms with van der Waals surface area (Å²) in [7, 11) is 1.30. The lowest BCUT2D eigenvalue weighted by molar-refractivity contribution is -0.143. The van der Waals surface area contributed by atoms with E-state index in [1.165, 1.54) is 43.4 Å². The smallest absolute Gasteiger partial charge is 0.434 e. The monoisotopic (exact) mass is 425 g/mol. The van der Waals surface area contributed by atoms with Crippen molar-refractivity contribution in [3.63, 3.8) is 0 Å². The number of para-hydroxylation sites is 1. The Kier molecular flexibility index (Phi) is 6.04. The van der Waals surface area contributed by atoms with Crippen LogP contribution in [0, 0.1) is 11.6 Å². The molecule has 0 aliphatic rings. The maximum Gasteiger partial charge on any atom is 0.434 e. The van der Waals surface area contributed by atoms with Gasteiger partial charge in [0.2, 0.25) is 0 Å². The minimum atomic E-state index is -4.95. The molecule has 2 aromatic carbocycles. The summed E-state index contributed by atoms with van der Waals surface area (Å²) >= 11 is 0. The third-order valence-electron chi connectivity index (χ3n) is 4.20. The molecule has 158 valence electrons. The molecule has 0 spiro atoms. The molecule has 3 aromatic rings. The van der Waals surface area contributed by atoms with Crippen LogP contribution in [0.25, 0.3) is 5.69 Å². The van der Waals surface area contributed by atoms with Crippen LogP contribution in [-0.4, -0.2) is 40.8 Å². The number of hydrogen-bond acceptors (Lipinski definition) is 3. The quantitative estimate of drug-likeness (QED) is 0.553. The molecule has 0 radical (unpaired) electrons. The predicted octanol–water partition coefficient (Wildman–Crippen LogP) is 4.32. The van der Waals surface area contributed by atoms with Gasteiger partial charge in [-0.2, -0.15) is 18.3 Å². The molecule has 0 aliphatic carbocycles. The van der Waals surface area contributed by atoms with Gasteiger partial charge in [-0.05, 0) is 36.4 Å². The van der Waals surface area contributed by atoms with E-state index in [4.69, 9.17) is 4.74 Å². The zero-order valence-electron chi connectivity index (χ0n) is 15.7. The highest BCUT2D eigenvalue weighted by Crippen LogP contribution is 2.34. The van der Waals surface area contributed by atoms with Crippen LogP contribution in [0.4, 0.5) is 22.0 Å². The highest BCUT2D eigenvalue weighted by molar-refractivity contribution is 5.95. The zero-order valence-corrected chi connectivity index (χ0v) is 15.7. The van der Waals surface area contributed by atoms with Gasteiger partial charge in [-0.15, -0.1) is 0 Å². The minimum absolute atomic E-state index is 0.0311. The standard InChI is InChI=1S/C20H16F5N3O2/c1-27(10-11-30-14-8-6-13(21)7-9-14)19(29)15-12-26-28(18(15)20(23,24)25)17-5-3-2-4-16(17)22/h2-9,12H,10-11H2,1H3. The van der Waals surface area contributed by atoms with Gasteiger partial charge in [0.25, 0.3) is 5.91 Å². The van der Waals surface area contributed by atoms with E-state index in [0.717, 1.165) is 23.2 Å². The van der Waals surface area contributed by atoms with E-state index < -0.39 is 40.7 Å². The summed E-state index contributed by atoms with van der Waals surface area (Å²) in [5.41, 5.74) is -2.51. The first-order valence-corrected chi connectivity index (χ1v) is 8.72. The topological polar surface area (TPSA) is 47.4 Å². The Hall–Kier alpha value is -3.43. The Balaban J connectivity index is 1.79. The van der Waals surface area contributed by atoms with Crippen molar-refractivity contribution in [1.82, 2.24) is 14.7 Å². The summed E-state index contributed by atoms with van der Waals surface area (Å²) in [5.74, 6) is -1.96. The molecular formula is C20H16F5N3O2. The fraction of sp³-hybridized carbons (Fsp3) is 0.200. The van der Waals surface area contributed by atoms with Crippen molar-refractivity contribution in [1.29, 1.82) is 0 Å². The molecule has 1 amide bonds. The molecule has 0 fully saturated rings. The van der Waals surface area contributed by atoms with Crippen molar-refractivity contribution in [3.8, 4) is 11.4 Å². The lowest BCUT2D eigenvalue weighted by Crippen LogP contribution is -2.32. The molecule has 0 N–H and O–H groups in total. The summed E-state index contributed by atoms with van der Waals surface area (Å²) in [4.78, 5) is 13.6. The fourth-order valence-electron chi connectivity index (χ4n) is 2.72. The number of amides is 1. The fourth-order valence-corrected chi connectivity index (χ4v) is 2.72. The third kappa shape index (κ3) is 4.58. The highest BCUT2D eigenvalue weighted by atomic mass is 19.4. The van der Waals surface area contributed by atoms with Crippen LogP contribution >= 0.6 is 0 Å². The van der Waals surface area contributed by atoms with Gasteiger partial charge in [0.05, 0.1) is 18.3 Å². The van der Waals surface area contributed by atoms with Crippen LogP contribution in [0.15, 0.2) is 54.7 Å². The van der Waals surface area contributed by atoms with E-state index in [2.05, 4.69) is 5.10 Å². The van der Waals surface area contributed by atoms with Crippen molar-refractivity contribution in [2.75, 3.05) is 20.2 Å². The number of nitrogens with zero attached hydrogens (tertiary/aromatic N) is 3. The summed E-state index contributed by atoms with van der Waals surface area (Å²) in [6.45, 7) is -0.0743. The Labute approximate surface area is 168 Å². The SMILES string of the molecule is CN(CCOc1ccc(F)cc1)C(=O)c1cnn(-c2ccccc2F)c1C(F)(F)F. The van der Waals surface area contributed by atoms with E-state index >= 15 is 0 Å². The van der Waals surface area contributed by atoms with Crippen LogP contribution in [0.2, 0.25) is 0 Å². The Morgan fingerprint density at radius 1 is 1.10 bits per heavy atom. The third-order valence-corrected chi connectivity index (χ3v) is 4.20. The molecule has 0 bridgehead atoms. The average Bonchev–Trinajstić information content (AvgIpc) is 3.14. The first-order valence-electron chi connectivity index (χ1n) is 8.72. The lowest BCUT2D eigenvalue weighted by Gasteiger charge is -2.19. The number of carbonyl (C=O) groups is 1. The van der Waals surface area contributed by atoms with Gasteiger partial charge in [0, 0.05) is 7.05 Å². The Bertz CT molecular complexity index is 1030. The molecule has 0 saturated carbocycles. The van der Waals surface area contributed by atoms with Crippen LogP contribution in [0.5, 0.6) is 5.75 Å². The second-order valence-corrected chi connectivity index (χ2v) is 6.30. The number of benzene rings is 2. The molecule has 1 aromatic heterocycles. The van der Waals surface area contributed by atoms with E-state index in [1.54, 1.807) is 0 Å². The highest BCUT2D eigenvalue weighted by Gasteiger charge is 2.41. The van der Waals surface area contributed by atoms with E-state index in [0.29, 0.717) is 10.4 Å². The molecule has 0 saturated heterocycles. The average molecular weight is 425 g/mol. The second kappa shape index (κ2) is 8.52. The van der Waals surface area contributed by atoms with Crippen LogP contribution in [0.3, 0.4) is 0 Å². The van der Waals surface area contributed by atoms with Crippen molar-refractivity contribution in [2.24, 2.45) is 0 Å². The summed E-state index contributed by atoms with van der Waals surface area (Å²) in [6.07, 6.45) is -4.19. The maximum atomic E-state index is 14.0. The molecule has 3 rings (SSSR count). The number of aromatic nitrogens is 2.